The first-order valence-corrected chi connectivity index (χ1v) is 4.21. The molecule has 0 heterocycles. The molecule has 0 rings (SSSR count). The highest BCUT2D eigenvalue weighted by atomic mass is 16.5. The summed E-state index contributed by atoms with van der Waals surface area (Å²) in [6, 6.07) is 0. The van der Waals surface area contributed by atoms with Crippen LogP contribution in [0.5, 0.6) is 0 Å². The summed E-state index contributed by atoms with van der Waals surface area (Å²) < 4.78 is 4.42. The SMILES string of the molecule is CCCN(C)CCNC(=O)OC. The first-order chi connectivity index (χ1) is 5.70. The number of alkyl carbamates (subject to hydrolysis) is 1. The normalized spacial score (nSPS) is 10.0. The van der Waals surface area contributed by atoms with Crippen LogP contribution < -0.4 is 5.32 Å². The zero-order valence-electron chi connectivity index (χ0n) is 8.09. The summed E-state index contributed by atoms with van der Waals surface area (Å²) in [4.78, 5) is 12.8. The Morgan fingerprint density at radius 1 is 1.50 bits per heavy atom. The highest BCUT2D eigenvalue weighted by Gasteiger charge is 1.98. The van der Waals surface area contributed by atoms with Crippen molar-refractivity contribution in [1.29, 1.82) is 0 Å². The van der Waals surface area contributed by atoms with Crippen molar-refractivity contribution in [2.24, 2.45) is 0 Å². The lowest BCUT2D eigenvalue weighted by atomic mass is 10.4. The van der Waals surface area contributed by atoms with Gasteiger partial charge in [0.2, 0.25) is 0 Å². The van der Waals surface area contributed by atoms with Crippen molar-refractivity contribution < 1.29 is 9.53 Å². The van der Waals surface area contributed by atoms with Crippen LogP contribution in [0.1, 0.15) is 13.3 Å². The van der Waals surface area contributed by atoms with E-state index in [0.717, 1.165) is 19.5 Å². The number of nitrogens with one attached hydrogen (secondary N) is 1. The molecule has 0 aliphatic carbocycles. The molecular weight excluding hydrogens is 156 g/mol. The Hall–Kier alpha value is -0.770. The molecular formula is C8H18N2O2. The van der Waals surface area contributed by atoms with Crippen molar-refractivity contribution in [3.63, 3.8) is 0 Å². The van der Waals surface area contributed by atoms with Gasteiger partial charge in [-0.05, 0) is 20.0 Å². The third kappa shape index (κ3) is 5.97. The van der Waals surface area contributed by atoms with Gasteiger partial charge in [0.25, 0.3) is 0 Å². The lowest BCUT2D eigenvalue weighted by Crippen LogP contribution is -2.33. The van der Waals surface area contributed by atoms with Crippen LogP contribution in [-0.4, -0.2) is 44.8 Å². The fraction of sp³-hybridized carbons (Fsp3) is 0.875. The van der Waals surface area contributed by atoms with Crippen LogP contribution in [0.2, 0.25) is 0 Å². The van der Waals surface area contributed by atoms with E-state index in [1.165, 1.54) is 7.11 Å². The van der Waals surface area contributed by atoms with E-state index in [1.54, 1.807) is 0 Å². The maximum Gasteiger partial charge on any atom is 0.406 e. The maximum absolute atomic E-state index is 10.6. The van der Waals surface area contributed by atoms with E-state index >= 15 is 0 Å². The average Bonchev–Trinajstić information content (AvgIpc) is 2.04. The molecule has 0 aromatic rings. The van der Waals surface area contributed by atoms with Crippen molar-refractivity contribution in [1.82, 2.24) is 10.2 Å². The average molecular weight is 174 g/mol. The summed E-state index contributed by atoms with van der Waals surface area (Å²) in [7, 11) is 3.40. The molecule has 12 heavy (non-hydrogen) atoms. The molecule has 0 saturated carbocycles. The molecule has 0 unspecified atom stereocenters. The molecule has 1 N–H and O–H groups in total. The highest BCUT2D eigenvalue weighted by molar-refractivity contribution is 5.66. The number of hydrogen-bond acceptors (Lipinski definition) is 3. The van der Waals surface area contributed by atoms with Crippen LogP contribution in [0.3, 0.4) is 0 Å². The first kappa shape index (κ1) is 11.2. The quantitative estimate of drug-likeness (QED) is 0.666. The van der Waals surface area contributed by atoms with Crippen LogP contribution in [0.15, 0.2) is 0 Å². The standard InChI is InChI=1S/C8H18N2O2/c1-4-6-10(2)7-5-9-8(11)12-3/h4-7H2,1-3H3,(H,9,11). The topological polar surface area (TPSA) is 41.6 Å². The van der Waals surface area contributed by atoms with Gasteiger partial charge in [-0.15, -0.1) is 0 Å². The van der Waals surface area contributed by atoms with Gasteiger partial charge in [-0.2, -0.15) is 0 Å². The molecule has 0 aliphatic heterocycles. The van der Waals surface area contributed by atoms with E-state index in [1.807, 2.05) is 7.05 Å². The van der Waals surface area contributed by atoms with E-state index in [2.05, 4.69) is 21.9 Å². The molecule has 4 nitrogen and oxygen atoms in total. The van der Waals surface area contributed by atoms with Gasteiger partial charge < -0.3 is 15.0 Å². The maximum atomic E-state index is 10.6. The minimum absolute atomic E-state index is 0.361. The fourth-order valence-corrected chi connectivity index (χ4v) is 0.915. The number of likely N-dealkylation sites (N-methyl/N-ethyl adjacent to an activating group) is 1. The Morgan fingerprint density at radius 2 is 2.17 bits per heavy atom. The molecule has 1 amide bonds. The van der Waals surface area contributed by atoms with Gasteiger partial charge in [0.05, 0.1) is 7.11 Å². The third-order valence-corrected chi connectivity index (χ3v) is 1.55. The van der Waals surface area contributed by atoms with Crippen LogP contribution in [0.25, 0.3) is 0 Å². The molecule has 0 aromatic heterocycles. The van der Waals surface area contributed by atoms with Crippen molar-refractivity contribution in [2.75, 3.05) is 33.8 Å². The van der Waals surface area contributed by atoms with Gasteiger partial charge in [0.1, 0.15) is 0 Å². The fourth-order valence-electron chi connectivity index (χ4n) is 0.915. The molecule has 0 radical (unpaired) electrons. The number of methoxy groups -OCH3 is 1. The summed E-state index contributed by atoms with van der Waals surface area (Å²) in [6.07, 6.45) is 0.772. The van der Waals surface area contributed by atoms with Crippen LogP contribution in [0.4, 0.5) is 4.79 Å². The smallest absolute Gasteiger partial charge is 0.406 e. The Bertz CT molecular complexity index is 128. The largest absolute Gasteiger partial charge is 0.453 e. The molecule has 0 spiro atoms. The second kappa shape index (κ2) is 6.91. The summed E-state index contributed by atoms with van der Waals surface area (Å²) in [6.45, 7) is 4.69. The molecule has 0 aromatic carbocycles. The zero-order valence-corrected chi connectivity index (χ0v) is 8.09. The Labute approximate surface area is 73.9 Å². The number of hydrogen-bond donors (Lipinski definition) is 1. The van der Waals surface area contributed by atoms with Crippen molar-refractivity contribution in [2.45, 2.75) is 13.3 Å². The molecule has 0 saturated heterocycles. The van der Waals surface area contributed by atoms with E-state index in [9.17, 15) is 4.79 Å². The summed E-state index contributed by atoms with van der Waals surface area (Å²) in [5.41, 5.74) is 0. The van der Waals surface area contributed by atoms with Crippen molar-refractivity contribution >= 4 is 6.09 Å². The van der Waals surface area contributed by atoms with Gasteiger partial charge in [0.15, 0.2) is 0 Å². The van der Waals surface area contributed by atoms with E-state index in [4.69, 9.17) is 0 Å². The molecule has 0 bridgehead atoms. The van der Waals surface area contributed by atoms with Crippen LogP contribution in [-0.2, 0) is 4.74 Å². The number of carbonyl (C=O) groups excluding carboxylic acids is 1. The summed E-state index contributed by atoms with van der Waals surface area (Å²) in [5, 5.41) is 2.62. The van der Waals surface area contributed by atoms with Gasteiger partial charge in [0, 0.05) is 13.1 Å². The van der Waals surface area contributed by atoms with Gasteiger partial charge in [-0.25, -0.2) is 4.79 Å². The first-order valence-electron chi connectivity index (χ1n) is 4.21. The predicted octanol–water partition coefficient (Wildman–Crippen LogP) is 0.684. The zero-order chi connectivity index (χ0) is 9.40. The van der Waals surface area contributed by atoms with Gasteiger partial charge in [-0.1, -0.05) is 6.92 Å². The number of amides is 1. The lowest BCUT2D eigenvalue weighted by Gasteiger charge is -2.14. The second-order valence-corrected chi connectivity index (χ2v) is 2.72. The Kier molecular flexibility index (Phi) is 6.47. The lowest BCUT2D eigenvalue weighted by molar-refractivity contribution is 0.169. The summed E-state index contributed by atoms with van der Waals surface area (Å²) >= 11 is 0. The number of rotatable bonds is 5. The number of carbonyl (C=O) groups is 1. The highest BCUT2D eigenvalue weighted by Crippen LogP contribution is 1.84. The second-order valence-electron chi connectivity index (χ2n) is 2.72. The summed E-state index contributed by atoms with van der Waals surface area (Å²) in [5.74, 6) is 0. The minimum atomic E-state index is -0.361. The van der Waals surface area contributed by atoms with Gasteiger partial charge >= 0.3 is 6.09 Å². The monoisotopic (exact) mass is 174 g/mol. The number of nitrogens with zero attached hydrogens (tertiary/aromatic N) is 1. The molecule has 72 valence electrons. The van der Waals surface area contributed by atoms with Crippen LogP contribution >= 0.6 is 0 Å². The van der Waals surface area contributed by atoms with Gasteiger partial charge in [-0.3, -0.25) is 0 Å². The van der Waals surface area contributed by atoms with E-state index in [-0.39, 0.29) is 6.09 Å². The van der Waals surface area contributed by atoms with E-state index in [0.29, 0.717) is 6.54 Å². The Morgan fingerprint density at radius 3 is 2.67 bits per heavy atom. The van der Waals surface area contributed by atoms with Crippen LogP contribution in [0, 0.1) is 0 Å². The van der Waals surface area contributed by atoms with Crippen molar-refractivity contribution in [3.8, 4) is 0 Å². The predicted molar refractivity (Wildman–Crippen MR) is 48.2 cm³/mol. The Balaban J connectivity index is 3.24. The van der Waals surface area contributed by atoms with Crippen molar-refractivity contribution in [3.05, 3.63) is 0 Å². The molecule has 4 heteroatoms. The molecule has 0 fully saturated rings. The molecule has 0 atom stereocenters. The third-order valence-electron chi connectivity index (χ3n) is 1.55. The molecule has 0 aliphatic rings. The van der Waals surface area contributed by atoms with E-state index < -0.39 is 0 Å². The number of ether oxygens (including phenoxy) is 1. The minimum Gasteiger partial charge on any atom is -0.453 e.